The van der Waals surface area contributed by atoms with Crippen molar-refractivity contribution in [1.29, 1.82) is 0 Å². The molecule has 0 spiro atoms. The van der Waals surface area contributed by atoms with Crippen LogP contribution in [0.25, 0.3) is 0 Å². The van der Waals surface area contributed by atoms with Gasteiger partial charge in [0, 0.05) is 17.8 Å². The summed E-state index contributed by atoms with van der Waals surface area (Å²) in [5, 5.41) is 0. The van der Waals surface area contributed by atoms with E-state index < -0.39 is 35.7 Å². The van der Waals surface area contributed by atoms with Crippen molar-refractivity contribution < 1.29 is 19.2 Å². The van der Waals surface area contributed by atoms with Gasteiger partial charge in [-0.15, -0.1) is 0 Å². The highest BCUT2D eigenvalue weighted by molar-refractivity contribution is 5.80. The number of hydrogen-bond acceptors (Lipinski definition) is 5. The van der Waals surface area contributed by atoms with Crippen LogP contribution >= 0.6 is 0 Å². The molecule has 3 amide bonds. The quantitative estimate of drug-likeness (QED) is 0.364. The first kappa shape index (κ1) is 19.3. The fraction of sp³-hybridized carbons (Fsp3) is 0.769. The first-order valence-electron chi connectivity index (χ1n) is 6.96. The van der Waals surface area contributed by atoms with Crippen LogP contribution in [0.4, 0.5) is 0 Å². The van der Waals surface area contributed by atoms with Crippen LogP contribution in [0.15, 0.2) is 0 Å². The molecule has 0 fully saturated rings. The Bertz CT molecular complexity index is 375. The molecule has 8 heteroatoms. The molecule has 122 valence electrons. The molecule has 4 unspecified atom stereocenters. The fourth-order valence-electron chi connectivity index (χ4n) is 2.20. The minimum Gasteiger partial charge on any atom is -0.369 e. The van der Waals surface area contributed by atoms with Crippen molar-refractivity contribution in [3.8, 4) is 0 Å². The van der Waals surface area contributed by atoms with E-state index in [1.807, 2.05) is 6.92 Å². The van der Waals surface area contributed by atoms with Crippen LogP contribution in [-0.2, 0) is 19.2 Å². The lowest BCUT2D eigenvalue weighted by molar-refractivity contribution is -0.126. The molecule has 0 aliphatic carbocycles. The van der Waals surface area contributed by atoms with E-state index in [1.54, 1.807) is 6.92 Å². The Balaban J connectivity index is 4.75. The number of nitrogens with two attached hydrogens (primary N) is 4. The molecular formula is C13H26N4O4. The van der Waals surface area contributed by atoms with Gasteiger partial charge in [0.05, 0.1) is 6.10 Å². The lowest BCUT2D eigenvalue weighted by atomic mass is 9.87. The van der Waals surface area contributed by atoms with E-state index in [-0.39, 0.29) is 18.8 Å². The zero-order valence-corrected chi connectivity index (χ0v) is 12.6. The number of carbonyl (C=O) groups excluding carboxylic acids is 3. The summed E-state index contributed by atoms with van der Waals surface area (Å²) in [5.41, 5.74) is 15.8. The molecular weight excluding hydrogens is 276 g/mol. The van der Waals surface area contributed by atoms with E-state index >= 15 is 0 Å². The Labute approximate surface area is 124 Å². The van der Waals surface area contributed by atoms with Gasteiger partial charge in [0.15, 0.2) is 0 Å². The van der Waals surface area contributed by atoms with E-state index in [4.69, 9.17) is 27.9 Å². The van der Waals surface area contributed by atoms with E-state index in [2.05, 4.69) is 0 Å². The van der Waals surface area contributed by atoms with E-state index in [9.17, 15) is 14.4 Å². The molecule has 8 N–H and O–H groups in total. The van der Waals surface area contributed by atoms with Crippen molar-refractivity contribution in [1.82, 2.24) is 0 Å². The highest BCUT2D eigenvalue weighted by Gasteiger charge is 2.28. The van der Waals surface area contributed by atoms with Crippen molar-refractivity contribution in [2.45, 2.75) is 45.6 Å². The molecule has 0 saturated heterocycles. The minimum absolute atomic E-state index is 0.216. The molecule has 0 aromatic carbocycles. The van der Waals surface area contributed by atoms with E-state index in [0.717, 1.165) is 0 Å². The third-order valence-electron chi connectivity index (χ3n) is 3.71. The zero-order valence-electron chi connectivity index (χ0n) is 12.6. The molecule has 0 aromatic rings. The van der Waals surface area contributed by atoms with Gasteiger partial charge in [0.25, 0.3) is 0 Å². The predicted molar refractivity (Wildman–Crippen MR) is 76.9 cm³/mol. The second-order valence-corrected chi connectivity index (χ2v) is 5.38. The Kier molecular flexibility index (Phi) is 8.56. The first-order chi connectivity index (χ1) is 9.72. The second kappa shape index (κ2) is 9.30. The predicted octanol–water partition coefficient (Wildman–Crippen LogP) is -0.850. The summed E-state index contributed by atoms with van der Waals surface area (Å²) in [5.74, 6) is 2.23. The number of hydrogen-bond donors (Lipinski definition) is 4. The molecule has 0 bridgehead atoms. The van der Waals surface area contributed by atoms with Crippen LogP contribution in [0, 0.1) is 17.8 Å². The van der Waals surface area contributed by atoms with Crippen molar-refractivity contribution in [2.75, 3.05) is 0 Å². The maximum Gasteiger partial charge on any atom is 0.220 e. The van der Waals surface area contributed by atoms with Crippen LogP contribution in [0.2, 0.25) is 0 Å². The summed E-state index contributed by atoms with van der Waals surface area (Å²) in [4.78, 5) is 38.6. The van der Waals surface area contributed by atoms with Crippen molar-refractivity contribution in [3.05, 3.63) is 0 Å². The number of carbonyl (C=O) groups is 3. The molecule has 8 nitrogen and oxygen atoms in total. The van der Waals surface area contributed by atoms with Crippen LogP contribution in [0.1, 0.15) is 39.5 Å². The Morgan fingerprint density at radius 2 is 1.38 bits per heavy atom. The van der Waals surface area contributed by atoms with Gasteiger partial charge >= 0.3 is 0 Å². The first-order valence-corrected chi connectivity index (χ1v) is 6.96. The lowest BCUT2D eigenvalue weighted by Gasteiger charge is -2.23. The molecule has 0 aromatic heterocycles. The van der Waals surface area contributed by atoms with Gasteiger partial charge < -0.3 is 22.0 Å². The lowest BCUT2D eigenvalue weighted by Crippen LogP contribution is -2.35. The summed E-state index contributed by atoms with van der Waals surface area (Å²) in [6.07, 6.45) is 0.746. The van der Waals surface area contributed by atoms with Gasteiger partial charge in [-0.3, -0.25) is 14.4 Å². The third-order valence-corrected chi connectivity index (χ3v) is 3.71. The van der Waals surface area contributed by atoms with Crippen LogP contribution < -0.4 is 23.1 Å². The summed E-state index contributed by atoms with van der Waals surface area (Å²) in [6.45, 7) is 3.44. The topological polar surface area (TPSA) is 165 Å². The second-order valence-electron chi connectivity index (χ2n) is 5.38. The van der Waals surface area contributed by atoms with Gasteiger partial charge in [-0.2, -0.15) is 0 Å². The standard InChI is InChI=1S/C13H26N4O4/c1-3-8(12(15)19)5-10(21-17)6-9(13(16)20)4-7(2)11(14)18/h7-10H,3-6,17H2,1-2H3,(H2,14,18)(H2,15,19)(H2,16,20). The molecule has 0 aliphatic rings. The smallest absolute Gasteiger partial charge is 0.220 e. The van der Waals surface area contributed by atoms with Crippen molar-refractivity contribution in [2.24, 2.45) is 40.9 Å². The maximum atomic E-state index is 11.5. The average Bonchev–Trinajstić information content (AvgIpc) is 2.40. The largest absolute Gasteiger partial charge is 0.369 e. The zero-order chi connectivity index (χ0) is 16.6. The molecule has 0 saturated carbocycles. The summed E-state index contributed by atoms with van der Waals surface area (Å²) in [7, 11) is 0. The summed E-state index contributed by atoms with van der Waals surface area (Å²) < 4.78 is 0. The number of amides is 3. The summed E-state index contributed by atoms with van der Waals surface area (Å²) >= 11 is 0. The van der Waals surface area contributed by atoms with Gasteiger partial charge in [-0.05, 0) is 25.7 Å². The SMILES string of the molecule is CCC(CC(CC(CC(C)C(N)=O)C(N)=O)ON)C(N)=O. The molecule has 21 heavy (non-hydrogen) atoms. The maximum absolute atomic E-state index is 11.5. The van der Waals surface area contributed by atoms with Crippen LogP contribution in [0.3, 0.4) is 0 Å². The molecule has 0 rings (SSSR count). The fourth-order valence-corrected chi connectivity index (χ4v) is 2.20. The van der Waals surface area contributed by atoms with Crippen molar-refractivity contribution >= 4 is 17.7 Å². The van der Waals surface area contributed by atoms with Crippen LogP contribution in [-0.4, -0.2) is 23.8 Å². The Hall–Kier alpha value is -1.67. The normalized spacial score (nSPS) is 16.7. The summed E-state index contributed by atoms with van der Waals surface area (Å²) in [6, 6.07) is 0. The van der Waals surface area contributed by atoms with Gasteiger partial charge in [0.2, 0.25) is 17.7 Å². The van der Waals surface area contributed by atoms with Gasteiger partial charge in [0.1, 0.15) is 0 Å². The van der Waals surface area contributed by atoms with E-state index in [1.165, 1.54) is 0 Å². The highest BCUT2D eigenvalue weighted by atomic mass is 16.6. The highest BCUT2D eigenvalue weighted by Crippen LogP contribution is 2.22. The third kappa shape index (κ3) is 7.05. The number of rotatable bonds is 11. The van der Waals surface area contributed by atoms with Gasteiger partial charge in [-0.1, -0.05) is 13.8 Å². The monoisotopic (exact) mass is 302 g/mol. The molecule has 4 atom stereocenters. The Morgan fingerprint density at radius 3 is 1.71 bits per heavy atom. The minimum atomic E-state index is -0.605. The average molecular weight is 302 g/mol. The van der Waals surface area contributed by atoms with Gasteiger partial charge in [-0.25, -0.2) is 5.90 Å². The van der Waals surface area contributed by atoms with E-state index in [0.29, 0.717) is 12.8 Å². The van der Waals surface area contributed by atoms with Crippen LogP contribution in [0.5, 0.6) is 0 Å². The van der Waals surface area contributed by atoms with Crippen molar-refractivity contribution in [3.63, 3.8) is 0 Å². The Morgan fingerprint density at radius 1 is 0.905 bits per heavy atom. The number of primary amides is 3. The molecule has 0 radical (unpaired) electrons. The molecule has 0 heterocycles. The molecule has 0 aliphatic heterocycles.